The van der Waals surface area contributed by atoms with Crippen molar-refractivity contribution in [3.63, 3.8) is 0 Å². The Hall–Kier alpha value is -0.680. The predicted molar refractivity (Wildman–Crippen MR) is 70.0 cm³/mol. The van der Waals surface area contributed by atoms with Crippen LogP contribution in [0.1, 0.15) is 19.3 Å². The Morgan fingerprint density at radius 3 is 3.06 bits per heavy atom. The number of hydrogen-bond acceptors (Lipinski definition) is 5. The van der Waals surface area contributed by atoms with Crippen LogP contribution >= 0.6 is 23.4 Å². The van der Waals surface area contributed by atoms with Crippen LogP contribution < -0.4 is 11.1 Å². The minimum Gasteiger partial charge on any atom is -0.382 e. The Bertz CT molecular complexity index is 374. The summed E-state index contributed by atoms with van der Waals surface area (Å²) in [5, 5.41) is 4.42. The number of anilines is 2. The van der Waals surface area contributed by atoms with Gasteiger partial charge in [0, 0.05) is 11.3 Å². The Morgan fingerprint density at radius 2 is 2.31 bits per heavy atom. The second kappa shape index (κ2) is 5.10. The lowest BCUT2D eigenvalue weighted by atomic mass is 10.2. The number of nitrogen functional groups attached to an aromatic ring is 1. The van der Waals surface area contributed by atoms with Gasteiger partial charge in [-0.15, -0.1) is 0 Å². The highest BCUT2D eigenvalue weighted by atomic mass is 35.5. The zero-order valence-electron chi connectivity index (χ0n) is 9.11. The third-order valence-corrected chi connectivity index (χ3v) is 4.44. The molecule has 1 heterocycles. The number of nitrogens with one attached hydrogen (secondary N) is 1. The molecule has 6 heteroatoms. The number of rotatable bonds is 3. The van der Waals surface area contributed by atoms with E-state index in [-0.39, 0.29) is 0 Å². The molecule has 0 bridgehead atoms. The minimum atomic E-state index is 0.331. The van der Waals surface area contributed by atoms with E-state index in [0.29, 0.717) is 28.0 Å². The standard InChI is InChI=1S/C10H15ClN4S/c1-16-7-4-2-3-6(7)15-10-8(11)9(12)13-5-14-10/h5-7H,2-4H2,1H3,(H3,12,13,14,15). The molecule has 1 aromatic heterocycles. The Morgan fingerprint density at radius 1 is 1.50 bits per heavy atom. The minimum absolute atomic E-state index is 0.331. The van der Waals surface area contributed by atoms with E-state index in [1.54, 1.807) is 0 Å². The molecule has 0 aromatic carbocycles. The molecule has 88 valence electrons. The fraction of sp³-hybridized carbons (Fsp3) is 0.600. The third-order valence-electron chi connectivity index (χ3n) is 2.89. The molecule has 1 aliphatic rings. The van der Waals surface area contributed by atoms with E-state index in [1.807, 2.05) is 11.8 Å². The molecule has 2 unspecified atom stereocenters. The molecule has 1 saturated carbocycles. The molecule has 16 heavy (non-hydrogen) atoms. The van der Waals surface area contributed by atoms with Crippen molar-refractivity contribution in [3.8, 4) is 0 Å². The summed E-state index contributed by atoms with van der Waals surface area (Å²) in [5.41, 5.74) is 5.63. The molecule has 0 aliphatic heterocycles. The summed E-state index contributed by atoms with van der Waals surface area (Å²) in [4.78, 5) is 7.97. The quantitative estimate of drug-likeness (QED) is 0.872. The molecular weight excluding hydrogens is 244 g/mol. The van der Waals surface area contributed by atoms with Crippen molar-refractivity contribution < 1.29 is 0 Å². The number of hydrogen-bond donors (Lipinski definition) is 2. The monoisotopic (exact) mass is 258 g/mol. The molecule has 2 rings (SSSR count). The molecule has 4 nitrogen and oxygen atoms in total. The number of nitrogens with zero attached hydrogens (tertiary/aromatic N) is 2. The van der Waals surface area contributed by atoms with E-state index in [4.69, 9.17) is 17.3 Å². The normalized spacial score (nSPS) is 24.6. The van der Waals surface area contributed by atoms with E-state index in [9.17, 15) is 0 Å². The SMILES string of the molecule is CSC1CCCC1Nc1ncnc(N)c1Cl. The van der Waals surface area contributed by atoms with Crippen LogP contribution in [0.4, 0.5) is 11.6 Å². The van der Waals surface area contributed by atoms with E-state index >= 15 is 0 Å². The molecule has 0 amide bonds. The highest BCUT2D eigenvalue weighted by Crippen LogP contribution is 2.32. The van der Waals surface area contributed by atoms with Crippen molar-refractivity contribution in [2.45, 2.75) is 30.6 Å². The van der Waals surface area contributed by atoms with Gasteiger partial charge in [-0.05, 0) is 19.1 Å². The van der Waals surface area contributed by atoms with Gasteiger partial charge < -0.3 is 11.1 Å². The predicted octanol–water partition coefficient (Wildman–Crippen LogP) is 2.41. The molecular formula is C10H15ClN4S. The third kappa shape index (κ3) is 2.35. The lowest BCUT2D eigenvalue weighted by molar-refractivity contribution is 0.763. The second-order valence-corrected chi connectivity index (χ2v) is 5.33. The van der Waals surface area contributed by atoms with Gasteiger partial charge in [-0.3, -0.25) is 0 Å². The van der Waals surface area contributed by atoms with Gasteiger partial charge in [0.15, 0.2) is 5.82 Å². The first-order valence-electron chi connectivity index (χ1n) is 5.27. The van der Waals surface area contributed by atoms with Crippen LogP contribution in [0.5, 0.6) is 0 Å². The van der Waals surface area contributed by atoms with Gasteiger partial charge in [0.2, 0.25) is 0 Å². The first-order valence-corrected chi connectivity index (χ1v) is 6.94. The summed E-state index contributed by atoms with van der Waals surface area (Å²) in [6, 6.07) is 0.432. The van der Waals surface area contributed by atoms with Gasteiger partial charge in [0.25, 0.3) is 0 Å². The van der Waals surface area contributed by atoms with Crippen LogP contribution in [0.25, 0.3) is 0 Å². The Balaban J connectivity index is 2.11. The average Bonchev–Trinajstić information content (AvgIpc) is 2.72. The lowest BCUT2D eigenvalue weighted by Crippen LogP contribution is -2.26. The van der Waals surface area contributed by atoms with Crippen molar-refractivity contribution in [1.82, 2.24) is 9.97 Å². The number of halogens is 1. The Kier molecular flexibility index (Phi) is 3.76. The van der Waals surface area contributed by atoms with E-state index in [1.165, 1.54) is 19.2 Å². The largest absolute Gasteiger partial charge is 0.382 e. The van der Waals surface area contributed by atoms with E-state index < -0.39 is 0 Å². The van der Waals surface area contributed by atoms with Gasteiger partial charge in [0.05, 0.1) is 0 Å². The van der Waals surface area contributed by atoms with E-state index in [2.05, 4.69) is 21.5 Å². The molecule has 1 aliphatic carbocycles. The molecule has 0 saturated heterocycles. The lowest BCUT2D eigenvalue weighted by Gasteiger charge is -2.20. The number of nitrogens with two attached hydrogens (primary N) is 1. The number of aromatic nitrogens is 2. The van der Waals surface area contributed by atoms with Gasteiger partial charge in [0.1, 0.15) is 17.2 Å². The summed E-state index contributed by atoms with van der Waals surface area (Å²) in [5.74, 6) is 0.984. The average molecular weight is 259 g/mol. The topological polar surface area (TPSA) is 63.8 Å². The Labute approximate surface area is 104 Å². The highest BCUT2D eigenvalue weighted by molar-refractivity contribution is 7.99. The first kappa shape index (κ1) is 11.8. The summed E-state index contributed by atoms with van der Waals surface area (Å²) in [6.07, 6.45) is 7.23. The molecule has 3 N–H and O–H groups in total. The van der Waals surface area contributed by atoms with Crippen LogP contribution in [-0.4, -0.2) is 27.5 Å². The van der Waals surface area contributed by atoms with Gasteiger partial charge in [-0.25, -0.2) is 9.97 Å². The fourth-order valence-electron chi connectivity index (χ4n) is 2.03. The van der Waals surface area contributed by atoms with E-state index in [0.717, 1.165) is 6.42 Å². The summed E-state index contributed by atoms with van der Waals surface area (Å²) in [7, 11) is 0. The zero-order chi connectivity index (χ0) is 11.5. The van der Waals surface area contributed by atoms with Crippen LogP contribution in [0, 0.1) is 0 Å². The van der Waals surface area contributed by atoms with Crippen LogP contribution in [0.2, 0.25) is 5.02 Å². The molecule has 0 radical (unpaired) electrons. The van der Waals surface area contributed by atoms with Crippen molar-refractivity contribution in [2.24, 2.45) is 0 Å². The second-order valence-electron chi connectivity index (χ2n) is 3.88. The van der Waals surface area contributed by atoms with Gasteiger partial charge in [-0.2, -0.15) is 11.8 Å². The highest BCUT2D eigenvalue weighted by Gasteiger charge is 2.27. The summed E-state index contributed by atoms with van der Waals surface area (Å²) < 4.78 is 0. The zero-order valence-corrected chi connectivity index (χ0v) is 10.7. The first-order chi connectivity index (χ1) is 7.72. The van der Waals surface area contributed by atoms with Crippen molar-refractivity contribution in [1.29, 1.82) is 0 Å². The smallest absolute Gasteiger partial charge is 0.150 e. The summed E-state index contributed by atoms with van der Waals surface area (Å²) >= 11 is 7.93. The molecule has 0 spiro atoms. The van der Waals surface area contributed by atoms with Crippen molar-refractivity contribution in [3.05, 3.63) is 11.3 Å². The maximum Gasteiger partial charge on any atom is 0.150 e. The maximum atomic E-state index is 6.04. The van der Waals surface area contributed by atoms with Crippen LogP contribution in [0.15, 0.2) is 6.33 Å². The summed E-state index contributed by atoms with van der Waals surface area (Å²) in [6.45, 7) is 0. The van der Waals surface area contributed by atoms with Crippen molar-refractivity contribution >= 4 is 35.0 Å². The van der Waals surface area contributed by atoms with Crippen LogP contribution in [0.3, 0.4) is 0 Å². The molecule has 1 aromatic rings. The molecule has 2 atom stereocenters. The van der Waals surface area contributed by atoms with Gasteiger partial charge in [-0.1, -0.05) is 18.0 Å². The van der Waals surface area contributed by atoms with Crippen LogP contribution in [-0.2, 0) is 0 Å². The van der Waals surface area contributed by atoms with Gasteiger partial charge >= 0.3 is 0 Å². The molecule has 1 fully saturated rings. The fourth-order valence-corrected chi connectivity index (χ4v) is 3.12. The van der Waals surface area contributed by atoms with Crippen molar-refractivity contribution in [2.75, 3.05) is 17.3 Å². The number of thioether (sulfide) groups is 1. The maximum absolute atomic E-state index is 6.04.